The van der Waals surface area contributed by atoms with Crippen LogP contribution < -0.4 is 10.6 Å². The highest BCUT2D eigenvalue weighted by molar-refractivity contribution is 8.00. The Morgan fingerprint density at radius 3 is 2.51 bits per heavy atom. The third kappa shape index (κ3) is 6.73. The van der Waals surface area contributed by atoms with Crippen molar-refractivity contribution in [2.75, 3.05) is 17.7 Å². The summed E-state index contributed by atoms with van der Waals surface area (Å²) in [5.41, 5.74) is 3.87. The highest BCUT2D eigenvalue weighted by Crippen LogP contribution is 2.44. The maximum absolute atomic E-state index is 13.3. The zero-order valence-corrected chi connectivity index (χ0v) is 25.0. The molecule has 2 amide bonds. The molecule has 1 aliphatic rings. The molecule has 2 N–H and O–H groups in total. The predicted molar refractivity (Wildman–Crippen MR) is 160 cm³/mol. The summed E-state index contributed by atoms with van der Waals surface area (Å²) in [5.74, 6) is -0.252. The molecule has 206 valence electrons. The molecule has 0 spiro atoms. The van der Waals surface area contributed by atoms with Gasteiger partial charge in [-0.2, -0.15) is 0 Å². The number of amides is 2. The van der Waals surface area contributed by atoms with Crippen molar-refractivity contribution in [1.29, 1.82) is 0 Å². The summed E-state index contributed by atoms with van der Waals surface area (Å²) in [6.45, 7) is 10.5. The fourth-order valence-corrected chi connectivity index (χ4v) is 7.12. The molecule has 2 aromatic carbocycles. The third-order valence-corrected chi connectivity index (χ3v) is 9.54. The molecule has 1 aromatic heterocycles. The molecule has 0 bridgehead atoms. The first-order valence-corrected chi connectivity index (χ1v) is 14.8. The van der Waals surface area contributed by atoms with Gasteiger partial charge in [-0.25, -0.2) is 4.79 Å². The van der Waals surface area contributed by atoms with Gasteiger partial charge in [0, 0.05) is 21.0 Å². The maximum Gasteiger partial charge on any atom is 0.341 e. The normalized spacial score (nSPS) is 15.7. The molecule has 1 heterocycles. The Hall–Kier alpha value is -3.10. The van der Waals surface area contributed by atoms with Crippen molar-refractivity contribution in [1.82, 2.24) is 0 Å². The van der Waals surface area contributed by atoms with Gasteiger partial charge in [-0.3, -0.25) is 9.59 Å². The largest absolute Gasteiger partial charge is 0.465 e. The van der Waals surface area contributed by atoms with E-state index in [1.807, 2.05) is 56.3 Å². The number of rotatable bonds is 7. The zero-order chi connectivity index (χ0) is 28.3. The summed E-state index contributed by atoms with van der Waals surface area (Å²) in [6.07, 6.45) is 2.71. The third-order valence-electron chi connectivity index (χ3n) is 7.28. The van der Waals surface area contributed by atoms with Crippen LogP contribution in [0.4, 0.5) is 10.7 Å². The lowest BCUT2D eigenvalue weighted by Crippen LogP contribution is -2.26. The number of ether oxygens (including phenoxy) is 1. The van der Waals surface area contributed by atoms with Gasteiger partial charge in [0.15, 0.2) is 0 Å². The first kappa shape index (κ1) is 28.9. The molecule has 2 atom stereocenters. The number of esters is 1. The van der Waals surface area contributed by atoms with Crippen LogP contribution in [0.15, 0.2) is 53.4 Å². The van der Waals surface area contributed by atoms with Gasteiger partial charge >= 0.3 is 5.97 Å². The predicted octanol–water partition coefficient (Wildman–Crippen LogP) is 7.37. The van der Waals surface area contributed by atoms with Crippen LogP contribution in [0, 0.1) is 18.3 Å². The van der Waals surface area contributed by atoms with Gasteiger partial charge in [-0.05, 0) is 79.8 Å². The topological polar surface area (TPSA) is 84.5 Å². The highest BCUT2D eigenvalue weighted by Gasteiger charge is 2.34. The van der Waals surface area contributed by atoms with E-state index in [-0.39, 0.29) is 17.2 Å². The van der Waals surface area contributed by atoms with Crippen LogP contribution in [-0.4, -0.2) is 30.1 Å². The standard InChI is InChI=1S/C31H36N2O4S2/c1-18-10-7-8-13-23(18)28(35)32-21-11-9-12-22(17-21)38-19(2)27(34)33-29-26(30(36)37-6)24-15-14-20(31(3,4)5)16-25(24)39-29/h7-13,17,19-20H,14-16H2,1-6H3,(H,32,35)(H,33,34). The van der Waals surface area contributed by atoms with E-state index in [1.165, 1.54) is 30.2 Å². The molecule has 6 nitrogen and oxygen atoms in total. The Kier molecular flexibility index (Phi) is 8.86. The van der Waals surface area contributed by atoms with Crippen molar-refractivity contribution in [3.8, 4) is 0 Å². The van der Waals surface area contributed by atoms with Gasteiger partial charge in [-0.1, -0.05) is 45.0 Å². The quantitative estimate of drug-likeness (QED) is 0.231. The van der Waals surface area contributed by atoms with E-state index in [1.54, 1.807) is 6.07 Å². The number of nitrogens with one attached hydrogen (secondary N) is 2. The molecule has 4 rings (SSSR count). The summed E-state index contributed by atoms with van der Waals surface area (Å²) >= 11 is 2.89. The SMILES string of the molecule is COC(=O)c1c(NC(=O)C(C)Sc2cccc(NC(=O)c3ccccc3C)c2)sc2c1CCC(C(C)(C)C)C2. The van der Waals surface area contributed by atoms with E-state index in [0.717, 1.165) is 40.2 Å². The zero-order valence-electron chi connectivity index (χ0n) is 23.3. The number of aryl methyl sites for hydroxylation is 1. The lowest BCUT2D eigenvalue weighted by Gasteiger charge is -2.33. The number of anilines is 2. The molecular formula is C31H36N2O4S2. The summed E-state index contributed by atoms with van der Waals surface area (Å²) in [5, 5.41) is 6.10. The van der Waals surface area contributed by atoms with E-state index in [2.05, 4.69) is 31.4 Å². The van der Waals surface area contributed by atoms with Gasteiger partial charge in [0.2, 0.25) is 5.91 Å². The maximum atomic E-state index is 13.3. The summed E-state index contributed by atoms with van der Waals surface area (Å²) in [4.78, 5) is 40.7. The minimum Gasteiger partial charge on any atom is -0.465 e. The van der Waals surface area contributed by atoms with E-state index < -0.39 is 11.2 Å². The van der Waals surface area contributed by atoms with Crippen molar-refractivity contribution in [3.63, 3.8) is 0 Å². The second-order valence-corrected chi connectivity index (χ2v) is 13.6. The average Bonchev–Trinajstić information content (AvgIpc) is 3.25. The molecule has 0 saturated carbocycles. The summed E-state index contributed by atoms with van der Waals surface area (Å²) in [7, 11) is 1.38. The molecule has 1 aliphatic carbocycles. The molecule has 3 aromatic rings. The Bertz CT molecular complexity index is 1390. The molecule has 8 heteroatoms. The minimum atomic E-state index is -0.431. The molecule has 2 unspecified atom stereocenters. The van der Waals surface area contributed by atoms with E-state index >= 15 is 0 Å². The first-order chi connectivity index (χ1) is 18.5. The van der Waals surface area contributed by atoms with Crippen molar-refractivity contribution >= 4 is 51.6 Å². The van der Waals surface area contributed by atoms with Gasteiger partial charge < -0.3 is 15.4 Å². The smallest absolute Gasteiger partial charge is 0.341 e. The average molecular weight is 565 g/mol. The van der Waals surface area contributed by atoms with Crippen molar-refractivity contribution < 1.29 is 19.1 Å². The number of methoxy groups -OCH3 is 1. The lowest BCUT2D eigenvalue weighted by atomic mass is 9.72. The van der Waals surface area contributed by atoms with Crippen LogP contribution >= 0.6 is 23.1 Å². The van der Waals surface area contributed by atoms with Crippen molar-refractivity contribution in [2.24, 2.45) is 11.3 Å². The first-order valence-electron chi connectivity index (χ1n) is 13.1. The van der Waals surface area contributed by atoms with Gasteiger partial charge in [0.25, 0.3) is 5.91 Å². The summed E-state index contributed by atoms with van der Waals surface area (Å²) < 4.78 is 5.09. The van der Waals surface area contributed by atoms with E-state index in [9.17, 15) is 14.4 Å². The Morgan fingerprint density at radius 2 is 1.82 bits per heavy atom. The summed E-state index contributed by atoms with van der Waals surface area (Å²) in [6, 6.07) is 14.9. The number of hydrogen-bond acceptors (Lipinski definition) is 6. The Balaban J connectivity index is 1.46. The van der Waals surface area contributed by atoms with Crippen LogP contribution in [0.25, 0.3) is 0 Å². The molecule has 0 aliphatic heterocycles. The number of thioether (sulfide) groups is 1. The van der Waals surface area contributed by atoms with Gasteiger partial charge in [0.05, 0.1) is 17.9 Å². The molecular weight excluding hydrogens is 528 g/mol. The number of carbonyl (C=O) groups is 3. The molecule has 0 saturated heterocycles. The number of hydrogen-bond donors (Lipinski definition) is 2. The number of benzene rings is 2. The fraction of sp³-hybridized carbons (Fsp3) is 0.387. The fourth-order valence-electron chi connectivity index (χ4n) is 4.88. The number of carbonyl (C=O) groups excluding carboxylic acids is 3. The van der Waals surface area contributed by atoms with E-state index in [0.29, 0.717) is 27.7 Å². The Morgan fingerprint density at radius 1 is 1.08 bits per heavy atom. The Labute approximate surface area is 238 Å². The number of fused-ring (bicyclic) bond motifs is 1. The molecule has 0 radical (unpaired) electrons. The molecule has 39 heavy (non-hydrogen) atoms. The van der Waals surface area contributed by atoms with Crippen molar-refractivity contribution in [3.05, 3.63) is 75.7 Å². The molecule has 0 fully saturated rings. The highest BCUT2D eigenvalue weighted by atomic mass is 32.2. The van der Waals surface area contributed by atoms with Crippen LogP contribution in [0.2, 0.25) is 0 Å². The lowest BCUT2D eigenvalue weighted by molar-refractivity contribution is -0.115. The van der Waals surface area contributed by atoms with Crippen LogP contribution in [0.3, 0.4) is 0 Å². The van der Waals surface area contributed by atoms with Crippen LogP contribution in [0.1, 0.15) is 70.8 Å². The second-order valence-electron chi connectivity index (χ2n) is 11.1. The van der Waals surface area contributed by atoms with Gasteiger partial charge in [0.1, 0.15) is 5.00 Å². The van der Waals surface area contributed by atoms with Crippen LogP contribution in [-0.2, 0) is 22.4 Å². The van der Waals surface area contributed by atoms with Gasteiger partial charge in [-0.15, -0.1) is 23.1 Å². The van der Waals surface area contributed by atoms with Crippen LogP contribution in [0.5, 0.6) is 0 Å². The van der Waals surface area contributed by atoms with E-state index in [4.69, 9.17) is 4.74 Å². The second kappa shape index (κ2) is 12.0. The number of thiophene rings is 1. The minimum absolute atomic E-state index is 0.174. The monoisotopic (exact) mass is 564 g/mol. The van der Waals surface area contributed by atoms with Crippen molar-refractivity contribution in [2.45, 2.75) is 64.0 Å².